The van der Waals surface area contributed by atoms with Gasteiger partial charge in [0.25, 0.3) is 0 Å². The molecule has 0 amide bonds. The van der Waals surface area contributed by atoms with Crippen LogP contribution >= 0.6 is 0 Å². The summed E-state index contributed by atoms with van der Waals surface area (Å²) in [6.45, 7) is 5.00. The summed E-state index contributed by atoms with van der Waals surface area (Å²) < 4.78 is 25.2. The zero-order chi connectivity index (χ0) is 20.9. The quantitative estimate of drug-likeness (QED) is 0.204. The van der Waals surface area contributed by atoms with Crippen LogP contribution in [0.1, 0.15) is 81.1 Å². The highest BCUT2D eigenvalue weighted by molar-refractivity contribution is 5.91. The molecule has 0 unspecified atom stereocenters. The van der Waals surface area contributed by atoms with Crippen molar-refractivity contribution in [2.75, 3.05) is 6.61 Å². The number of esters is 1. The fraction of sp³-hybridized carbons (Fsp3) is 0.480. The van der Waals surface area contributed by atoms with Gasteiger partial charge < -0.3 is 9.47 Å². The number of ether oxygens (including phenoxy) is 2. The maximum atomic E-state index is 14.3. The van der Waals surface area contributed by atoms with Crippen molar-refractivity contribution in [3.05, 3.63) is 59.4 Å². The Hall–Kier alpha value is -2.36. The number of carbonyl (C=O) groups is 1. The number of carbonyl (C=O) groups excluding carboxylic acids is 1. The van der Waals surface area contributed by atoms with E-state index >= 15 is 0 Å². The van der Waals surface area contributed by atoms with Crippen molar-refractivity contribution in [1.29, 1.82) is 0 Å². The molecule has 0 bridgehead atoms. The van der Waals surface area contributed by atoms with Gasteiger partial charge in [-0.3, -0.25) is 0 Å². The van der Waals surface area contributed by atoms with E-state index in [4.69, 9.17) is 9.47 Å². The number of hydrogen-bond donors (Lipinski definition) is 0. The molecule has 0 saturated heterocycles. The van der Waals surface area contributed by atoms with Crippen molar-refractivity contribution in [3.8, 4) is 11.5 Å². The Balaban J connectivity index is 1.82. The van der Waals surface area contributed by atoms with Crippen molar-refractivity contribution >= 4 is 5.97 Å². The van der Waals surface area contributed by atoms with E-state index in [1.807, 2.05) is 6.07 Å². The van der Waals surface area contributed by atoms with Gasteiger partial charge in [0.2, 0.25) is 0 Å². The van der Waals surface area contributed by atoms with E-state index < -0.39 is 11.8 Å². The predicted molar refractivity (Wildman–Crippen MR) is 115 cm³/mol. The summed E-state index contributed by atoms with van der Waals surface area (Å²) in [4.78, 5) is 12.3. The molecule has 0 spiro atoms. The number of aryl methyl sites for hydroxylation is 1. The van der Waals surface area contributed by atoms with E-state index in [-0.39, 0.29) is 5.75 Å². The summed E-state index contributed by atoms with van der Waals surface area (Å²) in [5.74, 6) is -0.398. The van der Waals surface area contributed by atoms with Crippen molar-refractivity contribution in [3.63, 3.8) is 0 Å². The normalized spacial score (nSPS) is 10.7. The molecular weight excluding hydrogens is 367 g/mol. The van der Waals surface area contributed by atoms with Crippen LogP contribution in [-0.4, -0.2) is 12.6 Å². The Morgan fingerprint density at radius 3 is 2.24 bits per heavy atom. The van der Waals surface area contributed by atoms with Crippen LogP contribution in [0.2, 0.25) is 0 Å². The number of rotatable bonds is 13. The Morgan fingerprint density at radius 1 is 0.862 bits per heavy atom. The van der Waals surface area contributed by atoms with Gasteiger partial charge in [-0.1, -0.05) is 58.4 Å². The average Bonchev–Trinajstić information content (AvgIpc) is 2.73. The summed E-state index contributed by atoms with van der Waals surface area (Å²) in [5, 5.41) is 0. The lowest BCUT2D eigenvalue weighted by atomic mass is 10.1. The Kier molecular flexibility index (Phi) is 10.3. The molecule has 3 nitrogen and oxygen atoms in total. The Morgan fingerprint density at radius 2 is 1.55 bits per heavy atom. The number of hydrogen-bond acceptors (Lipinski definition) is 3. The molecule has 2 rings (SSSR count). The van der Waals surface area contributed by atoms with Crippen LogP contribution in [0.25, 0.3) is 0 Å². The van der Waals surface area contributed by atoms with Gasteiger partial charge in [-0.05, 0) is 61.2 Å². The maximum Gasteiger partial charge on any atom is 0.343 e. The van der Waals surface area contributed by atoms with Crippen molar-refractivity contribution in [2.24, 2.45) is 0 Å². The standard InChI is InChI=1S/C25H33FO3/c1-3-5-7-8-10-18-28-22-15-13-21(14-16-22)25(27)29-24-17-12-20(19-23(24)26)11-9-6-4-2/h12-17,19H,3-11,18H2,1-2H3. The molecule has 0 radical (unpaired) electrons. The average molecular weight is 401 g/mol. The van der Waals surface area contributed by atoms with E-state index in [1.165, 1.54) is 37.8 Å². The van der Waals surface area contributed by atoms with E-state index in [0.717, 1.165) is 43.4 Å². The molecule has 2 aromatic carbocycles. The molecule has 158 valence electrons. The van der Waals surface area contributed by atoms with Gasteiger partial charge in [0.05, 0.1) is 12.2 Å². The second-order valence-electron chi connectivity index (χ2n) is 7.40. The fourth-order valence-corrected chi connectivity index (χ4v) is 3.10. The SMILES string of the molecule is CCCCCCCOc1ccc(C(=O)Oc2ccc(CCCCC)cc2F)cc1. The van der Waals surface area contributed by atoms with Crippen LogP contribution in [0.4, 0.5) is 4.39 Å². The number of unbranched alkanes of at least 4 members (excludes halogenated alkanes) is 6. The first-order chi connectivity index (χ1) is 14.1. The zero-order valence-corrected chi connectivity index (χ0v) is 17.7. The Bertz CT molecular complexity index is 740. The first-order valence-electron chi connectivity index (χ1n) is 10.9. The van der Waals surface area contributed by atoms with Crippen molar-refractivity contribution in [2.45, 2.75) is 71.6 Å². The summed E-state index contributed by atoms with van der Waals surface area (Å²) >= 11 is 0. The summed E-state index contributed by atoms with van der Waals surface area (Å²) in [6, 6.07) is 11.6. The van der Waals surface area contributed by atoms with Gasteiger partial charge in [0, 0.05) is 0 Å². The lowest BCUT2D eigenvalue weighted by Crippen LogP contribution is -2.09. The zero-order valence-electron chi connectivity index (χ0n) is 17.7. The minimum atomic E-state index is -0.575. The van der Waals surface area contributed by atoms with Crippen LogP contribution in [-0.2, 0) is 6.42 Å². The second kappa shape index (κ2) is 13.0. The van der Waals surface area contributed by atoms with Gasteiger partial charge in [-0.15, -0.1) is 0 Å². The van der Waals surface area contributed by atoms with Gasteiger partial charge in [-0.2, -0.15) is 0 Å². The molecular formula is C25H33FO3. The third-order valence-corrected chi connectivity index (χ3v) is 4.87. The predicted octanol–water partition coefficient (Wildman–Crippen LogP) is 7.13. The summed E-state index contributed by atoms with van der Waals surface area (Å²) in [7, 11) is 0. The number of benzene rings is 2. The smallest absolute Gasteiger partial charge is 0.343 e. The highest BCUT2D eigenvalue weighted by atomic mass is 19.1. The Labute approximate surface area is 174 Å². The van der Waals surface area contributed by atoms with Crippen LogP contribution < -0.4 is 9.47 Å². The second-order valence-corrected chi connectivity index (χ2v) is 7.40. The molecule has 2 aromatic rings. The molecule has 0 aromatic heterocycles. The van der Waals surface area contributed by atoms with Crippen LogP contribution in [0.15, 0.2) is 42.5 Å². The highest BCUT2D eigenvalue weighted by Gasteiger charge is 2.13. The van der Waals surface area contributed by atoms with Crippen LogP contribution in [0.5, 0.6) is 11.5 Å². The lowest BCUT2D eigenvalue weighted by molar-refractivity contribution is 0.0727. The summed E-state index contributed by atoms with van der Waals surface area (Å²) in [5.41, 5.74) is 1.29. The maximum absolute atomic E-state index is 14.3. The third-order valence-electron chi connectivity index (χ3n) is 4.87. The van der Waals surface area contributed by atoms with Crippen LogP contribution in [0.3, 0.4) is 0 Å². The minimum Gasteiger partial charge on any atom is -0.494 e. The van der Waals surface area contributed by atoms with Gasteiger partial charge >= 0.3 is 5.97 Å². The summed E-state index contributed by atoms with van der Waals surface area (Å²) in [6.07, 6.45) is 10.0. The van der Waals surface area contributed by atoms with E-state index in [1.54, 1.807) is 24.3 Å². The lowest BCUT2D eigenvalue weighted by Gasteiger charge is -2.09. The molecule has 0 aliphatic carbocycles. The van der Waals surface area contributed by atoms with Crippen molar-refractivity contribution in [1.82, 2.24) is 0 Å². The molecule has 0 aliphatic rings. The third kappa shape index (κ3) is 8.26. The molecule has 0 N–H and O–H groups in total. The van der Waals surface area contributed by atoms with Gasteiger partial charge in [0.15, 0.2) is 11.6 Å². The van der Waals surface area contributed by atoms with Gasteiger partial charge in [0.1, 0.15) is 5.75 Å². The molecule has 0 heterocycles. The fourth-order valence-electron chi connectivity index (χ4n) is 3.10. The van der Waals surface area contributed by atoms with Gasteiger partial charge in [-0.25, -0.2) is 9.18 Å². The first kappa shape index (κ1) is 22.9. The largest absolute Gasteiger partial charge is 0.494 e. The molecule has 4 heteroatoms. The number of halogens is 1. The van der Waals surface area contributed by atoms with E-state index in [0.29, 0.717) is 12.2 Å². The molecule has 29 heavy (non-hydrogen) atoms. The highest BCUT2D eigenvalue weighted by Crippen LogP contribution is 2.22. The molecule has 0 saturated carbocycles. The topological polar surface area (TPSA) is 35.5 Å². The molecule has 0 fully saturated rings. The first-order valence-corrected chi connectivity index (χ1v) is 10.9. The van der Waals surface area contributed by atoms with E-state index in [2.05, 4.69) is 13.8 Å². The van der Waals surface area contributed by atoms with Crippen molar-refractivity contribution < 1.29 is 18.7 Å². The molecule has 0 atom stereocenters. The minimum absolute atomic E-state index is 0.0401. The molecule has 0 aliphatic heterocycles. The monoisotopic (exact) mass is 400 g/mol. The van der Waals surface area contributed by atoms with E-state index in [9.17, 15) is 9.18 Å². The van der Waals surface area contributed by atoms with Crippen LogP contribution in [0, 0.1) is 5.82 Å².